The molecule has 2 heterocycles. The molecule has 1 aliphatic carbocycles. The molecule has 1 spiro atoms. The van der Waals surface area contributed by atoms with E-state index in [0.29, 0.717) is 0 Å². The third-order valence-electron chi connectivity index (χ3n) is 3.68. The van der Waals surface area contributed by atoms with Crippen LogP contribution < -0.4 is 11.2 Å². The first-order valence-corrected chi connectivity index (χ1v) is 5.72. The Bertz CT molecular complexity index is 543. The molecule has 1 saturated heterocycles. The van der Waals surface area contributed by atoms with E-state index in [-0.39, 0.29) is 24.4 Å². The normalized spacial score (nSPS) is 29.7. The number of hydrogen-bond donors (Lipinski definition) is 2. The van der Waals surface area contributed by atoms with E-state index in [4.69, 9.17) is 9.84 Å². The Morgan fingerprint density at radius 1 is 1.53 bits per heavy atom. The fraction of sp³-hybridized carbons (Fsp3) is 0.636. The molecule has 0 radical (unpaired) electrons. The number of aliphatic hydroxyl groups excluding tert-OH is 1. The van der Waals surface area contributed by atoms with Gasteiger partial charge in [0, 0.05) is 17.7 Å². The molecule has 92 valence electrons. The van der Waals surface area contributed by atoms with Gasteiger partial charge in [0.05, 0.1) is 12.7 Å². The summed E-state index contributed by atoms with van der Waals surface area (Å²) in [5.41, 5.74) is -0.879. The fourth-order valence-corrected chi connectivity index (χ4v) is 2.62. The first-order valence-electron chi connectivity index (χ1n) is 5.72. The van der Waals surface area contributed by atoms with Crippen molar-refractivity contribution in [1.82, 2.24) is 9.55 Å². The van der Waals surface area contributed by atoms with Crippen molar-refractivity contribution in [1.29, 1.82) is 0 Å². The number of rotatable bonds is 2. The molecular formula is C11H14N2O4. The second-order valence-electron chi connectivity index (χ2n) is 4.88. The van der Waals surface area contributed by atoms with Crippen molar-refractivity contribution in [2.24, 2.45) is 5.41 Å². The number of ether oxygens (including phenoxy) is 1. The summed E-state index contributed by atoms with van der Waals surface area (Å²) in [6, 6.07) is 1.31. The molecule has 1 aromatic rings. The number of aromatic amines is 1. The van der Waals surface area contributed by atoms with Crippen molar-refractivity contribution < 1.29 is 9.84 Å². The lowest BCUT2D eigenvalue weighted by molar-refractivity contribution is -0.0390. The predicted molar refractivity (Wildman–Crippen MR) is 58.6 cm³/mol. The topological polar surface area (TPSA) is 84.3 Å². The summed E-state index contributed by atoms with van der Waals surface area (Å²) in [5.74, 6) is 0. The summed E-state index contributed by atoms with van der Waals surface area (Å²) >= 11 is 0. The molecule has 1 saturated carbocycles. The van der Waals surface area contributed by atoms with E-state index >= 15 is 0 Å². The van der Waals surface area contributed by atoms with Gasteiger partial charge in [0.1, 0.15) is 6.23 Å². The minimum atomic E-state index is -0.452. The van der Waals surface area contributed by atoms with Gasteiger partial charge in [-0.25, -0.2) is 4.79 Å². The number of H-pyrrole nitrogens is 1. The molecule has 0 amide bonds. The summed E-state index contributed by atoms with van der Waals surface area (Å²) in [7, 11) is 0. The molecule has 0 unspecified atom stereocenters. The Morgan fingerprint density at radius 3 is 2.88 bits per heavy atom. The Morgan fingerprint density at radius 2 is 2.29 bits per heavy atom. The smallest absolute Gasteiger partial charge is 0.330 e. The van der Waals surface area contributed by atoms with Crippen LogP contribution in [0.25, 0.3) is 0 Å². The monoisotopic (exact) mass is 238 g/mol. The van der Waals surface area contributed by atoms with Crippen LogP contribution in [0, 0.1) is 5.41 Å². The molecule has 2 N–H and O–H groups in total. The lowest BCUT2D eigenvalue weighted by Gasteiger charge is -2.19. The Balaban J connectivity index is 1.99. The van der Waals surface area contributed by atoms with E-state index in [1.807, 2.05) is 0 Å². The van der Waals surface area contributed by atoms with Crippen LogP contribution >= 0.6 is 0 Å². The van der Waals surface area contributed by atoms with Crippen LogP contribution in [0.3, 0.4) is 0 Å². The first-order chi connectivity index (χ1) is 8.14. The average molecular weight is 238 g/mol. The molecule has 1 aromatic heterocycles. The summed E-state index contributed by atoms with van der Waals surface area (Å²) in [6.45, 7) is -0.0314. The van der Waals surface area contributed by atoms with E-state index < -0.39 is 11.2 Å². The molecule has 6 heteroatoms. The number of aliphatic hydroxyl groups is 1. The third-order valence-corrected chi connectivity index (χ3v) is 3.68. The van der Waals surface area contributed by atoms with Crippen molar-refractivity contribution >= 4 is 0 Å². The molecule has 1 aliphatic heterocycles. The highest BCUT2D eigenvalue weighted by molar-refractivity contribution is 5.04. The SMILES string of the molecule is O=c1ccn([C@@H]2O[C@H](CO)CC23CC3)c(=O)[nH]1. The van der Waals surface area contributed by atoms with Gasteiger partial charge in [0.15, 0.2) is 0 Å². The lowest BCUT2D eigenvalue weighted by Crippen LogP contribution is -2.34. The van der Waals surface area contributed by atoms with Crippen LogP contribution in [0.1, 0.15) is 25.5 Å². The number of aromatic nitrogens is 2. The highest BCUT2D eigenvalue weighted by Crippen LogP contribution is 2.62. The second-order valence-corrected chi connectivity index (χ2v) is 4.88. The molecule has 17 heavy (non-hydrogen) atoms. The second kappa shape index (κ2) is 3.54. The molecule has 2 aliphatic rings. The standard InChI is InChI=1S/C11H14N2O4/c14-6-7-5-11(2-3-11)9(17-7)13-4-1-8(15)12-10(13)16/h1,4,7,9,14H,2-3,5-6H2,(H,12,15,16)/t7-,9+/m0/s1. The summed E-state index contributed by atoms with van der Waals surface area (Å²) in [5, 5.41) is 9.13. The van der Waals surface area contributed by atoms with Crippen molar-refractivity contribution in [3.05, 3.63) is 33.1 Å². The largest absolute Gasteiger partial charge is 0.394 e. The van der Waals surface area contributed by atoms with Crippen molar-refractivity contribution in [2.75, 3.05) is 6.61 Å². The van der Waals surface area contributed by atoms with E-state index in [0.717, 1.165) is 19.3 Å². The Labute approximate surface area is 96.9 Å². The molecule has 3 rings (SSSR count). The van der Waals surface area contributed by atoms with Crippen molar-refractivity contribution in [2.45, 2.75) is 31.6 Å². The summed E-state index contributed by atoms with van der Waals surface area (Å²) in [6.07, 6.45) is 3.68. The van der Waals surface area contributed by atoms with Gasteiger partial charge in [0.2, 0.25) is 0 Å². The molecule has 6 nitrogen and oxygen atoms in total. The van der Waals surface area contributed by atoms with Crippen LogP contribution in [0.4, 0.5) is 0 Å². The van der Waals surface area contributed by atoms with Gasteiger partial charge in [-0.15, -0.1) is 0 Å². The van der Waals surface area contributed by atoms with Crippen molar-refractivity contribution in [3.8, 4) is 0 Å². The van der Waals surface area contributed by atoms with Crippen LogP contribution in [-0.4, -0.2) is 27.4 Å². The van der Waals surface area contributed by atoms with E-state index in [2.05, 4.69) is 4.98 Å². The van der Waals surface area contributed by atoms with Crippen LogP contribution in [0.15, 0.2) is 21.9 Å². The van der Waals surface area contributed by atoms with Gasteiger partial charge in [-0.05, 0) is 19.3 Å². The molecule has 0 aromatic carbocycles. The van der Waals surface area contributed by atoms with Gasteiger partial charge in [-0.1, -0.05) is 0 Å². The van der Waals surface area contributed by atoms with Gasteiger partial charge in [-0.2, -0.15) is 0 Å². The molecular weight excluding hydrogens is 224 g/mol. The zero-order valence-electron chi connectivity index (χ0n) is 9.26. The number of hydrogen-bond acceptors (Lipinski definition) is 4. The predicted octanol–water partition coefficient (Wildman–Crippen LogP) is -0.403. The van der Waals surface area contributed by atoms with Gasteiger partial charge in [0.25, 0.3) is 5.56 Å². The zero-order valence-corrected chi connectivity index (χ0v) is 9.26. The maximum absolute atomic E-state index is 11.7. The maximum atomic E-state index is 11.7. The van der Waals surface area contributed by atoms with Gasteiger partial charge < -0.3 is 9.84 Å². The number of nitrogens with zero attached hydrogens (tertiary/aromatic N) is 1. The Hall–Kier alpha value is -1.40. The van der Waals surface area contributed by atoms with Gasteiger partial charge >= 0.3 is 5.69 Å². The van der Waals surface area contributed by atoms with Crippen LogP contribution in [0.5, 0.6) is 0 Å². The molecule has 2 atom stereocenters. The summed E-state index contributed by atoms with van der Waals surface area (Å²) < 4.78 is 7.11. The number of nitrogens with one attached hydrogen (secondary N) is 1. The van der Waals surface area contributed by atoms with Crippen molar-refractivity contribution in [3.63, 3.8) is 0 Å². The molecule has 0 bridgehead atoms. The average Bonchev–Trinajstić information content (AvgIpc) is 2.95. The minimum Gasteiger partial charge on any atom is -0.394 e. The fourth-order valence-electron chi connectivity index (χ4n) is 2.62. The highest BCUT2D eigenvalue weighted by Gasteiger charge is 2.57. The first kappa shape index (κ1) is 10.7. The maximum Gasteiger partial charge on any atom is 0.330 e. The van der Waals surface area contributed by atoms with Crippen LogP contribution in [0.2, 0.25) is 0 Å². The zero-order chi connectivity index (χ0) is 12.0. The third kappa shape index (κ3) is 1.64. The highest BCUT2D eigenvalue weighted by atomic mass is 16.5. The van der Waals surface area contributed by atoms with E-state index in [9.17, 15) is 9.59 Å². The molecule has 2 fully saturated rings. The van der Waals surface area contributed by atoms with E-state index in [1.54, 1.807) is 0 Å². The quantitative estimate of drug-likeness (QED) is 0.734. The van der Waals surface area contributed by atoms with Gasteiger partial charge in [-0.3, -0.25) is 14.3 Å². The lowest BCUT2D eigenvalue weighted by atomic mass is 10.0. The summed E-state index contributed by atoms with van der Waals surface area (Å²) in [4.78, 5) is 24.9. The van der Waals surface area contributed by atoms with E-state index in [1.165, 1.54) is 16.8 Å². The van der Waals surface area contributed by atoms with Crippen LogP contribution in [-0.2, 0) is 4.74 Å². The minimum absolute atomic E-state index is 0.0184. The Kier molecular flexibility index (Phi) is 2.24.